The van der Waals surface area contributed by atoms with Crippen molar-refractivity contribution in [2.24, 2.45) is 0 Å². The first-order valence-corrected chi connectivity index (χ1v) is 6.29. The monoisotopic (exact) mass is 311 g/mol. The van der Waals surface area contributed by atoms with Gasteiger partial charge in [-0.25, -0.2) is 4.39 Å². The van der Waals surface area contributed by atoms with Gasteiger partial charge in [-0.2, -0.15) is 5.26 Å². The van der Waals surface area contributed by atoms with Crippen LogP contribution in [-0.2, 0) is 0 Å². The number of hydrogen-bond acceptors (Lipinski definition) is 3. The van der Waals surface area contributed by atoms with Gasteiger partial charge in [-0.3, -0.25) is 4.79 Å². The summed E-state index contributed by atoms with van der Waals surface area (Å²) in [5.74, 6) is -1.01. The molecule has 0 radical (unpaired) electrons. The van der Waals surface area contributed by atoms with E-state index >= 15 is 0 Å². The van der Waals surface area contributed by atoms with E-state index in [1.54, 1.807) is 0 Å². The summed E-state index contributed by atoms with van der Waals surface area (Å²) in [6.07, 6.45) is 0. The van der Waals surface area contributed by atoms with Crippen molar-refractivity contribution < 1.29 is 9.18 Å². The lowest BCUT2D eigenvalue weighted by Crippen LogP contribution is -2.53. The molecule has 6 heteroatoms. The largest absolute Gasteiger partial charge is 0.320 e. The SMILES string of the molecule is N#CC1CNCCN1C(=O)c1cc(Br)ccc1F. The van der Waals surface area contributed by atoms with E-state index in [4.69, 9.17) is 5.26 Å². The average molecular weight is 312 g/mol. The van der Waals surface area contributed by atoms with Gasteiger partial charge >= 0.3 is 0 Å². The summed E-state index contributed by atoms with van der Waals surface area (Å²) in [5, 5.41) is 12.0. The Balaban J connectivity index is 2.30. The molecule has 1 aromatic rings. The van der Waals surface area contributed by atoms with Crippen molar-refractivity contribution >= 4 is 21.8 Å². The third-order valence-electron chi connectivity index (χ3n) is 2.81. The van der Waals surface area contributed by atoms with E-state index in [0.29, 0.717) is 24.1 Å². The van der Waals surface area contributed by atoms with Gasteiger partial charge in [0.25, 0.3) is 5.91 Å². The molecule has 1 N–H and O–H groups in total. The van der Waals surface area contributed by atoms with Crippen molar-refractivity contribution in [3.05, 3.63) is 34.1 Å². The maximum absolute atomic E-state index is 13.6. The van der Waals surface area contributed by atoms with Crippen LogP contribution in [0, 0.1) is 17.1 Å². The van der Waals surface area contributed by atoms with E-state index in [-0.39, 0.29) is 5.56 Å². The fraction of sp³-hybridized carbons (Fsp3) is 0.333. The zero-order valence-corrected chi connectivity index (χ0v) is 11.1. The van der Waals surface area contributed by atoms with Gasteiger partial charge in [-0.1, -0.05) is 15.9 Å². The van der Waals surface area contributed by atoms with E-state index in [9.17, 15) is 9.18 Å². The van der Waals surface area contributed by atoms with Crippen molar-refractivity contribution in [2.45, 2.75) is 6.04 Å². The van der Waals surface area contributed by atoms with Crippen molar-refractivity contribution in [2.75, 3.05) is 19.6 Å². The number of carbonyl (C=O) groups is 1. The molecule has 2 rings (SSSR count). The van der Waals surface area contributed by atoms with E-state index in [1.807, 2.05) is 6.07 Å². The number of hydrogen-bond donors (Lipinski definition) is 1. The minimum Gasteiger partial charge on any atom is -0.320 e. The number of amides is 1. The van der Waals surface area contributed by atoms with Gasteiger partial charge in [0.2, 0.25) is 0 Å². The highest BCUT2D eigenvalue weighted by Crippen LogP contribution is 2.18. The fourth-order valence-electron chi connectivity index (χ4n) is 1.88. The van der Waals surface area contributed by atoms with Gasteiger partial charge in [0.05, 0.1) is 11.6 Å². The molecule has 1 aliphatic heterocycles. The molecular weight excluding hydrogens is 301 g/mol. The highest BCUT2D eigenvalue weighted by atomic mass is 79.9. The first-order chi connectivity index (χ1) is 8.63. The molecule has 0 saturated carbocycles. The lowest BCUT2D eigenvalue weighted by atomic mass is 10.1. The number of nitrogens with one attached hydrogen (secondary N) is 1. The smallest absolute Gasteiger partial charge is 0.258 e. The molecule has 18 heavy (non-hydrogen) atoms. The Labute approximate surface area is 113 Å². The maximum atomic E-state index is 13.6. The molecular formula is C12H11BrFN3O. The Morgan fingerprint density at radius 1 is 1.61 bits per heavy atom. The van der Waals surface area contributed by atoms with Crippen LogP contribution in [0.15, 0.2) is 22.7 Å². The number of nitriles is 1. The summed E-state index contributed by atoms with van der Waals surface area (Å²) in [7, 11) is 0. The topological polar surface area (TPSA) is 56.1 Å². The van der Waals surface area contributed by atoms with E-state index < -0.39 is 17.8 Å². The van der Waals surface area contributed by atoms with Crippen LogP contribution in [0.4, 0.5) is 4.39 Å². The number of halogens is 2. The molecule has 0 aromatic heterocycles. The second-order valence-electron chi connectivity index (χ2n) is 3.97. The van der Waals surface area contributed by atoms with Crippen LogP contribution < -0.4 is 5.32 Å². The Morgan fingerprint density at radius 3 is 3.11 bits per heavy atom. The number of piperazine rings is 1. The summed E-state index contributed by atoms with van der Waals surface area (Å²) >= 11 is 3.21. The Hall–Kier alpha value is -1.45. The van der Waals surface area contributed by atoms with E-state index in [2.05, 4.69) is 21.2 Å². The van der Waals surface area contributed by atoms with Crippen LogP contribution in [0.25, 0.3) is 0 Å². The minimum absolute atomic E-state index is 0.00785. The quantitative estimate of drug-likeness (QED) is 0.855. The summed E-state index contributed by atoms with van der Waals surface area (Å²) in [5.41, 5.74) is -0.00785. The van der Waals surface area contributed by atoms with Crippen LogP contribution in [0.3, 0.4) is 0 Å². The van der Waals surface area contributed by atoms with Gasteiger partial charge in [-0.05, 0) is 18.2 Å². The molecule has 0 spiro atoms. The molecule has 1 saturated heterocycles. The molecule has 94 valence electrons. The summed E-state index contributed by atoms with van der Waals surface area (Å²) < 4.78 is 14.3. The van der Waals surface area contributed by atoms with E-state index in [1.165, 1.54) is 23.1 Å². The summed E-state index contributed by atoms with van der Waals surface area (Å²) in [6, 6.07) is 5.70. The molecule has 1 amide bonds. The van der Waals surface area contributed by atoms with Gasteiger partial charge in [0, 0.05) is 24.1 Å². The molecule has 1 fully saturated rings. The lowest BCUT2D eigenvalue weighted by molar-refractivity contribution is 0.0682. The van der Waals surface area contributed by atoms with Crippen LogP contribution >= 0.6 is 15.9 Å². The summed E-state index contributed by atoms with van der Waals surface area (Å²) in [6.45, 7) is 1.43. The fourth-order valence-corrected chi connectivity index (χ4v) is 2.24. The number of nitrogens with zero attached hydrogens (tertiary/aromatic N) is 2. The molecule has 0 aliphatic carbocycles. The van der Waals surface area contributed by atoms with Crippen molar-refractivity contribution in [3.8, 4) is 6.07 Å². The molecule has 0 bridgehead atoms. The van der Waals surface area contributed by atoms with Gasteiger partial charge in [0.1, 0.15) is 11.9 Å². The van der Waals surface area contributed by atoms with Crippen molar-refractivity contribution in [3.63, 3.8) is 0 Å². The standard InChI is InChI=1S/C12H11BrFN3O/c13-8-1-2-11(14)10(5-8)12(18)17-4-3-16-7-9(17)6-15/h1-2,5,9,16H,3-4,7H2. The van der Waals surface area contributed by atoms with Crippen LogP contribution in [0.5, 0.6) is 0 Å². The molecule has 1 aliphatic rings. The Bertz CT molecular complexity index is 515. The molecule has 1 aromatic carbocycles. The first-order valence-electron chi connectivity index (χ1n) is 5.50. The highest BCUT2D eigenvalue weighted by Gasteiger charge is 2.28. The number of rotatable bonds is 1. The average Bonchev–Trinajstić information content (AvgIpc) is 2.40. The Kier molecular flexibility index (Phi) is 3.94. The third kappa shape index (κ3) is 2.52. The van der Waals surface area contributed by atoms with Crippen molar-refractivity contribution in [1.82, 2.24) is 10.2 Å². The molecule has 1 atom stereocenters. The zero-order valence-electron chi connectivity index (χ0n) is 9.49. The molecule has 1 heterocycles. The zero-order chi connectivity index (χ0) is 13.1. The third-order valence-corrected chi connectivity index (χ3v) is 3.31. The second-order valence-corrected chi connectivity index (χ2v) is 4.89. The number of carbonyl (C=O) groups excluding carboxylic acids is 1. The number of benzene rings is 1. The lowest BCUT2D eigenvalue weighted by Gasteiger charge is -2.32. The molecule has 4 nitrogen and oxygen atoms in total. The first kappa shape index (κ1) is 13.0. The van der Waals surface area contributed by atoms with Crippen LogP contribution in [0.1, 0.15) is 10.4 Å². The predicted molar refractivity (Wildman–Crippen MR) is 67.4 cm³/mol. The Morgan fingerprint density at radius 2 is 2.39 bits per heavy atom. The van der Waals surface area contributed by atoms with Gasteiger partial charge in [-0.15, -0.1) is 0 Å². The highest BCUT2D eigenvalue weighted by molar-refractivity contribution is 9.10. The minimum atomic E-state index is -0.571. The van der Waals surface area contributed by atoms with Crippen LogP contribution in [-0.4, -0.2) is 36.5 Å². The van der Waals surface area contributed by atoms with Crippen LogP contribution in [0.2, 0.25) is 0 Å². The van der Waals surface area contributed by atoms with Crippen molar-refractivity contribution in [1.29, 1.82) is 5.26 Å². The maximum Gasteiger partial charge on any atom is 0.258 e. The second kappa shape index (κ2) is 5.46. The summed E-state index contributed by atoms with van der Waals surface area (Å²) in [4.78, 5) is 13.6. The van der Waals surface area contributed by atoms with Gasteiger partial charge in [0.15, 0.2) is 0 Å². The van der Waals surface area contributed by atoms with E-state index in [0.717, 1.165) is 0 Å². The predicted octanol–water partition coefficient (Wildman–Crippen LogP) is 1.53. The normalized spacial score (nSPS) is 19.4. The van der Waals surface area contributed by atoms with Gasteiger partial charge < -0.3 is 10.2 Å². The molecule has 1 unspecified atom stereocenters.